The molecule has 2 rings (SSSR count). The van der Waals surface area contributed by atoms with E-state index in [1.165, 1.54) is 18.4 Å². The maximum atomic E-state index is 12.2. The highest BCUT2D eigenvalue weighted by atomic mass is 79.9. The summed E-state index contributed by atoms with van der Waals surface area (Å²) in [5.74, 6) is 5.68. The van der Waals surface area contributed by atoms with Crippen molar-refractivity contribution in [2.75, 3.05) is 19.0 Å². The third-order valence-electron chi connectivity index (χ3n) is 2.59. The van der Waals surface area contributed by atoms with Gasteiger partial charge < -0.3 is 15.2 Å². The monoisotopic (exact) mass is 365 g/mol. The zero-order valence-electron chi connectivity index (χ0n) is 11.1. The van der Waals surface area contributed by atoms with E-state index >= 15 is 0 Å². The van der Waals surface area contributed by atoms with Crippen molar-refractivity contribution in [3.8, 4) is 17.6 Å². The lowest BCUT2D eigenvalue weighted by Crippen LogP contribution is -2.11. The van der Waals surface area contributed by atoms with Crippen molar-refractivity contribution in [1.82, 2.24) is 0 Å². The third kappa shape index (κ3) is 4.08. The first-order chi connectivity index (χ1) is 10.1. The number of hydrogen-bond acceptors (Lipinski definition) is 4. The molecule has 6 heteroatoms. The minimum atomic E-state index is -0.220. The molecule has 0 fully saturated rings. The molecule has 1 aromatic carbocycles. The maximum absolute atomic E-state index is 12.2. The molecular weight excluding hydrogens is 354 g/mol. The summed E-state index contributed by atoms with van der Waals surface area (Å²) in [7, 11) is 1.53. The molecule has 1 aromatic heterocycles. The minimum Gasteiger partial charge on any atom is -0.495 e. The van der Waals surface area contributed by atoms with Crippen molar-refractivity contribution in [1.29, 1.82) is 0 Å². The molecule has 0 saturated heterocycles. The molecule has 21 heavy (non-hydrogen) atoms. The fraction of sp³-hybridized carbons (Fsp3) is 0.133. The zero-order chi connectivity index (χ0) is 15.2. The van der Waals surface area contributed by atoms with Gasteiger partial charge in [0.25, 0.3) is 5.91 Å². The Bertz CT molecular complexity index is 715. The zero-order valence-corrected chi connectivity index (χ0v) is 13.5. The van der Waals surface area contributed by atoms with Gasteiger partial charge in [0, 0.05) is 10.9 Å². The number of methoxy groups -OCH3 is 1. The Morgan fingerprint density at radius 1 is 1.48 bits per heavy atom. The van der Waals surface area contributed by atoms with E-state index in [2.05, 4.69) is 33.1 Å². The normalized spacial score (nSPS) is 9.67. The standard InChI is InChI=1S/C15H12BrNO3S/c1-20-13-5-4-10(3-2-6-18)7-12(13)17-15(19)11-8-14(16)21-9-11/h4-5,7-9,18H,6H2,1H3,(H,17,19). The van der Waals surface area contributed by atoms with E-state index in [9.17, 15) is 4.79 Å². The van der Waals surface area contributed by atoms with Gasteiger partial charge in [0.2, 0.25) is 0 Å². The smallest absolute Gasteiger partial charge is 0.256 e. The van der Waals surface area contributed by atoms with Crippen LogP contribution in [0.15, 0.2) is 33.4 Å². The number of halogens is 1. The number of anilines is 1. The maximum Gasteiger partial charge on any atom is 0.256 e. The Morgan fingerprint density at radius 2 is 2.29 bits per heavy atom. The summed E-state index contributed by atoms with van der Waals surface area (Å²) in [6.45, 7) is -0.212. The lowest BCUT2D eigenvalue weighted by atomic mass is 10.2. The Balaban J connectivity index is 2.26. The van der Waals surface area contributed by atoms with Crippen molar-refractivity contribution in [3.63, 3.8) is 0 Å². The number of amides is 1. The van der Waals surface area contributed by atoms with Crippen LogP contribution in [0.2, 0.25) is 0 Å². The van der Waals surface area contributed by atoms with Crippen LogP contribution in [0.4, 0.5) is 5.69 Å². The van der Waals surface area contributed by atoms with Gasteiger partial charge in [0.1, 0.15) is 12.4 Å². The van der Waals surface area contributed by atoms with Crippen molar-refractivity contribution in [2.24, 2.45) is 0 Å². The highest BCUT2D eigenvalue weighted by Gasteiger charge is 2.11. The summed E-state index contributed by atoms with van der Waals surface area (Å²) in [6, 6.07) is 6.95. The molecule has 4 nitrogen and oxygen atoms in total. The van der Waals surface area contributed by atoms with Gasteiger partial charge in [-0.3, -0.25) is 4.79 Å². The summed E-state index contributed by atoms with van der Waals surface area (Å²) >= 11 is 4.77. The van der Waals surface area contributed by atoms with Gasteiger partial charge in [0.05, 0.1) is 22.1 Å². The lowest BCUT2D eigenvalue weighted by molar-refractivity contribution is 0.102. The molecular formula is C15H12BrNO3S. The Hall–Kier alpha value is -1.81. The van der Waals surface area contributed by atoms with E-state index in [1.54, 1.807) is 29.6 Å². The lowest BCUT2D eigenvalue weighted by Gasteiger charge is -2.10. The largest absolute Gasteiger partial charge is 0.495 e. The molecule has 1 amide bonds. The number of thiophene rings is 1. The highest BCUT2D eigenvalue weighted by Crippen LogP contribution is 2.27. The number of aliphatic hydroxyl groups is 1. The van der Waals surface area contributed by atoms with Crippen LogP contribution in [-0.2, 0) is 0 Å². The fourth-order valence-corrected chi connectivity index (χ4v) is 2.79. The summed E-state index contributed by atoms with van der Waals surface area (Å²) in [4.78, 5) is 12.2. The third-order valence-corrected chi connectivity index (χ3v) is 4.09. The van der Waals surface area contributed by atoms with E-state index in [0.29, 0.717) is 22.6 Å². The van der Waals surface area contributed by atoms with Gasteiger partial charge in [-0.05, 0) is 40.2 Å². The molecule has 108 valence electrons. The first kappa shape index (κ1) is 15.6. The molecule has 0 aliphatic rings. The SMILES string of the molecule is COc1ccc(C#CCO)cc1NC(=O)c1csc(Br)c1. The van der Waals surface area contributed by atoms with Crippen LogP contribution in [0.25, 0.3) is 0 Å². The number of rotatable bonds is 3. The molecule has 2 N–H and O–H groups in total. The highest BCUT2D eigenvalue weighted by molar-refractivity contribution is 9.11. The predicted octanol–water partition coefficient (Wildman–Crippen LogP) is 3.12. The molecule has 0 atom stereocenters. The second-order valence-electron chi connectivity index (χ2n) is 3.97. The second-order valence-corrected chi connectivity index (χ2v) is 6.26. The molecule has 0 bridgehead atoms. The van der Waals surface area contributed by atoms with Crippen LogP contribution in [0.5, 0.6) is 5.75 Å². The van der Waals surface area contributed by atoms with E-state index in [4.69, 9.17) is 9.84 Å². The van der Waals surface area contributed by atoms with Gasteiger partial charge in [-0.15, -0.1) is 11.3 Å². The molecule has 0 radical (unpaired) electrons. The summed E-state index contributed by atoms with van der Waals surface area (Å²) < 4.78 is 6.12. The summed E-state index contributed by atoms with van der Waals surface area (Å²) in [6.07, 6.45) is 0. The van der Waals surface area contributed by atoms with Gasteiger partial charge in [-0.25, -0.2) is 0 Å². The Kier molecular flexibility index (Phi) is 5.39. The first-order valence-corrected chi connectivity index (χ1v) is 7.64. The second kappa shape index (κ2) is 7.27. The Morgan fingerprint density at radius 3 is 2.90 bits per heavy atom. The number of ether oxygens (including phenoxy) is 1. The molecule has 0 unspecified atom stereocenters. The van der Waals surface area contributed by atoms with Crippen LogP contribution < -0.4 is 10.1 Å². The molecule has 1 heterocycles. The van der Waals surface area contributed by atoms with Crippen LogP contribution >= 0.6 is 27.3 Å². The molecule has 0 spiro atoms. The van der Waals surface area contributed by atoms with Crippen molar-refractivity contribution in [2.45, 2.75) is 0 Å². The van der Waals surface area contributed by atoms with E-state index in [-0.39, 0.29) is 12.5 Å². The van der Waals surface area contributed by atoms with Crippen LogP contribution in [0.1, 0.15) is 15.9 Å². The quantitative estimate of drug-likeness (QED) is 0.821. The van der Waals surface area contributed by atoms with Crippen LogP contribution in [0.3, 0.4) is 0 Å². The number of carbonyl (C=O) groups excluding carboxylic acids is 1. The van der Waals surface area contributed by atoms with Crippen molar-refractivity contribution < 1.29 is 14.6 Å². The number of carbonyl (C=O) groups is 1. The first-order valence-electron chi connectivity index (χ1n) is 5.97. The van der Waals surface area contributed by atoms with Crippen molar-refractivity contribution >= 4 is 38.9 Å². The number of benzene rings is 1. The van der Waals surface area contributed by atoms with Crippen molar-refractivity contribution in [3.05, 3.63) is 44.6 Å². The van der Waals surface area contributed by atoms with Gasteiger partial charge in [-0.1, -0.05) is 11.8 Å². The molecule has 2 aromatic rings. The van der Waals surface area contributed by atoms with Crippen LogP contribution in [0, 0.1) is 11.8 Å². The average molecular weight is 366 g/mol. The predicted molar refractivity (Wildman–Crippen MR) is 86.9 cm³/mol. The minimum absolute atomic E-state index is 0.212. The summed E-state index contributed by atoms with van der Waals surface area (Å²) in [5, 5.41) is 13.3. The van der Waals surface area contributed by atoms with E-state index < -0.39 is 0 Å². The number of hydrogen-bond donors (Lipinski definition) is 2. The Labute approximate surface area is 134 Å². The summed E-state index contributed by atoms with van der Waals surface area (Å²) in [5.41, 5.74) is 1.79. The average Bonchev–Trinajstić information content (AvgIpc) is 2.92. The number of nitrogens with one attached hydrogen (secondary N) is 1. The molecule has 0 aliphatic carbocycles. The molecule has 0 aliphatic heterocycles. The van der Waals surface area contributed by atoms with Crippen LogP contribution in [-0.4, -0.2) is 24.7 Å². The van der Waals surface area contributed by atoms with Gasteiger partial charge >= 0.3 is 0 Å². The number of aliphatic hydroxyl groups excluding tert-OH is 1. The van der Waals surface area contributed by atoms with E-state index in [1.807, 2.05) is 0 Å². The molecule has 0 saturated carbocycles. The van der Waals surface area contributed by atoms with E-state index in [0.717, 1.165) is 3.79 Å². The van der Waals surface area contributed by atoms with Gasteiger partial charge in [0.15, 0.2) is 0 Å². The van der Waals surface area contributed by atoms with Gasteiger partial charge in [-0.2, -0.15) is 0 Å². The topological polar surface area (TPSA) is 58.6 Å². The fourth-order valence-electron chi connectivity index (χ4n) is 1.65.